The number of carbonyl (C=O) groups is 1. The first-order chi connectivity index (χ1) is 10.8. The highest BCUT2D eigenvalue weighted by molar-refractivity contribution is 7.90. The van der Waals surface area contributed by atoms with Crippen molar-refractivity contribution in [2.75, 3.05) is 25.3 Å². The summed E-state index contributed by atoms with van der Waals surface area (Å²) in [6.45, 7) is 0.385. The van der Waals surface area contributed by atoms with Crippen LogP contribution in [0.1, 0.15) is 15.9 Å². The quantitative estimate of drug-likeness (QED) is 0.910. The summed E-state index contributed by atoms with van der Waals surface area (Å²) < 4.78 is 23.1. The van der Waals surface area contributed by atoms with Crippen LogP contribution in [-0.4, -0.2) is 34.7 Å². The molecule has 122 valence electrons. The molecule has 0 aliphatic heterocycles. The standard InChI is InChI=1S/C17H20N2O3S/c1-19(2)15-9-7-13(8-10-15)12-18-17(20)14-5-4-6-16(11-14)23(3,21)22/h4-11H,12H2,1-3H3,(H,18,20). The molecule has 0 spiro atoms. The Morgan fingerprint density at radius 3 is 2.30 bits per heavy atom. The molecule has 6 heteroatoms. The van der Waals surface area contributed by atoms with Gasteiger partial charge in [0.25, 0.3) is 5.91 Å². The zero-order valence-corrected chi connectivity index (χ0v) is 14.2. The Hall–Kier alpha value is -2.34. The molecule has 0 saturated carbocycles. The molecule has 0 atom stereocenters. The fourth-order valence-corrected chi connectivity index (χ4v) is 2.73. The maximum Gasteiger partial charge on any atom is 0.251 e. The van der Waals surface area contributed by atoms with Gasteiger partial charge in [-0.25, -0.2) is 8.42 Å². The van der Waals surface area contributed by atoms with Crippen molar-refractivity contribution < 1.29 is 13.2 Å². The molecule has 0 fully saturated rings. The molecule has 2 aromatic rings. The monoisotopic (exact) mass is 332 g/mol. The third-order valence-corrected chi connectivity index (χ3v) is 4.54. The highest BCUT2D eigenvalue weighted by Gasteiger charge is 2.11. The number of benzene rings is 2. The van der Waals surface area contributed by atoms with Gasteiger partial charge in [0.1, 0.15) is 0 Å². The number of nitrogens with zero attached hydrogens (tertiary/aromatic N) is 1. The Kier molecular flexibility index (Phi) is 5.05. The number of carbonyl (C=O) groups excluding carboxylic acids is 1. The van der Waals surface area contributed by atoms with E-state index in [1.807, 2.05) is 43.3 Å². The summed E-state index contributed by atoms with van der Waals surface area (Å²) in [5.41, 5.74) is 2.39. The number of hydrogen-bond acceptors (Lipinski definition) is 4. The second-order valence-electron chi connectivity index (χ2n) is 5.54. The van der Waals surface area contributed by atoms with E-state index >= 15 is 0 Å². The molecule has 1 amide bonds. The van der Waals surface area contributed by atoms with Crippen LogP contribution in [0.3, 0.4) is 0 Å². The van der Waals surface area contributed by atoms with E-state index in [4.69, 9.17) is 0 Å². The summed E-state index contributed by atoms with van der Waals surface area (Å²) in [7, 11) is 0.604. The van der Waals surface area contributed by atoms with Gasteiger partial charge in [-0.05, 0) is 35.9 Å². The lowest BCUT2D eigenvalue weighted by molar-refractivity contribution is 0.0950. The largest absolute Gasteiger partial charge is 0.378 e. The van der Waals surface area contributed by atoms with Gasteiger partial charge < -0.3 is 10.2 Å². The number of anilines is 1. The third kappa shape index (κ3) is 4.56. The molecule has 5 nitrogen and oxygen atoms in total. The highest BCUT2D eigenvalue weighted by atomic mass is 32.2. The van der Waals surface area contributed by atoms with Gasteiger partial charge in [-0.1, -0.05) is 18.2 Å². The molecule has 0 heterocycles. The van der Waals surface area contributed by atoms with Crippen LogP contribution in [0.5, 0.6) is 0 Å². The van der Waals surface area contributed by atoms with E-state index < -0.39 is 9.84 Å². The fraction of sp³-hybridized carbons (Fsp3) is 0.235. The molecule has 0 bridgehead atoms. The van der Waals surface area contributed by atoms with Crippen LogP contribution in [-0.2, 0) is 16.4 Å². The van der Waals surface area contributed by atoms with Crippen LogP contribution in [0.15, 0.2) is 53.4 Å². The van der Waals surface area contributed by atoms with E-state index in [1.165, 1.54) is 12.1 Å². The van der Waals surface area contributed by atoms with Crippen molar-refractivity contribution in [1.82, 2.24) is 5.32 Å². The van der Waals surface area contributed by atoms with Crippen LogP contribution >= 0.6 is 0 Å². The molecular formula is C17H20N2O3S. The lowest BCUT2D eigenvalue weighted by atomic mass is 10.1. The molecule has 23 heavy (non-hydrogen) atoms. The van der Waals surface area contributed by atoms with E-state index in [2.05, 4.69) is 5.32 Å². The van der Waals surface area contributed by atoms with Crippen LogP contribution in [0.4, 0.5) is 5.69 Å². The van der Waals surface area contributed by atoms with Gasteiger partial charge in [0.15, 0.2) is 9.84 Å². The van der Waals surface area contributed by atoms with Crippen molar-refractivity contribution >= 4 is 21.4 Å². The van der Waals surface area contributed by atoms with Gasteiger partial charge in [-0.3, -0.25) is 4.79 Å². The van der Waals surface area contributed by atoms with Crippen molar-refractivity contribution in [3.05, 3.63) is 59.7 Å². The van der Waals surface area contributed by atoms with Crippen molar-refractivity contribution in [3.8, 4) is 0 Å². The Labute approximate surface area is 136 Å². The normalized spacial score (nSPS) is 11.1. The lowest BCUT2D eigenvalue weighted by Crippen LogP contribution is -2.23. The summed E-state index contributed by atoms with van der Waals surface area (Å²) in [5, 5.41) is 2.80. The zero-order chi connectivity index (χ0) is 17.0. The number of sulfone groups is 1. The predicted octanol–water partition coefficient (Wildman–Crippen LogP) is 2.09. The number of hydrogen-bond donors (Lipinski definition) is 1. The van der Waals surface area contributed by atoms with E-state index in [0.717, 1.165) is 17.5 Å². The predicted molar refractivity (Wildman–Crippen MR) is 91.5 cm³/mol. The Morgan fingerprint density at radius 2 is 1.74 bits per heavy atom. The van der Waals surface area contributed by atoms with Crippen LogP contribution in [0.2, 0.25) is 0 Å². The minimum absolute atomic E-state index is 0.139. The van der Waals surface area contributed by atoms with Crippen molar-refractivity contribution in [2.24, 2.45) is 0 Å². The van der Waals surface area contributed by atoms with Gasteiger partial charge in [0.2, 0.25) is 0 Å². The molecule has 0 saturated heterocycles. The molecule has 0 aliphatic rings. The molecule has 2 aromatic carbocycles. The van der Waals surface area contributed by atoms with Crippen LogP contribution < -0.4 is 10.2 Å². The SMILES string of the molecule is CN(C)c1ccc(CNC(=O)c2cccc(S(C)(=O)=O)c2)cc1. The molecular weight excluding hydrogens is 312 g/mol. The lowest BCUT2D eigenvalue weighted by Gasteiger charge is -2.13. The Morgan fingerprint density at radius 1 is 1.09 bits per heavy atom. The van der Waals surface area contributed by atoms with E-state index in [9.17, 15) is 13.2 Å². The first-order valence-corrected chi connectivity index (χ1v) is 9.01. The summed E-state index contributed by atoms with van der Waals surface area (Å²) in [6.07, 6.45) is 1.12. The minimum Gasteiger partial charge on any atom is -0.378 e. The van der Waals surface area contributed by atoms with Gasteiger partial charge >= 0.3 is 0 Å². The Bertz CT molecular complexity index is 797. The molecule has 0 radical (unpaired) electrons. The van der Waals surface area contributed by atoms with Crippen molar-refractivity contribution in [1.29, 1.82) is 0 Å². The van der Waals surface area contributed by atoms with Gasteiger partial charge in [-0.2, -0.15) is 0 Å². The first-order valence-electron chi connectivity index (χ1n) is 7.12. The number of rotatable bonds is 5. The molecule has 2 rings (SSSR count). The smallest absolute Gasteiger partial charge is 0.251 e. The third-order valence-electron chi connectivity index (χ3n) is 3.43. The fourth-order valence-electron chi connectivity index (χ4n) is 2.06. The average Bonchev–Trinajstić information content (AvgIpc) is 2.52. The summed E-state index contributed by atoms with van der Waals surface area (Å²) in [5.74, 6) is -0.299. The van der Waals surface area contributed by atoms with Crippen LogP contribution in [0.25, 0.3) is 0 Å². The van der Waals surface area contributed by atoms with E-state index in [0.29, 0.717) is 12.1 Å². The second kappa shape index (κ2) is 6.83. The van der Waals surface area contributed by atoms with Crippen molar-refractivity contribution in [3.63, 3.8) is 0 Å². The highest BCUT2D eigenvalue weighted by Crippen LogP contribution is 2.13. The zero-order valence-electron chi connectivity index (χ0n) is 13.4. The second-order valence-corrected chi connectivity index (χ2v) is 7.56. The van der Waals surface area contributed by atoms with Gasteiger partial charge in [0, 0.05) is 38.1 Å². The maximum absolute atomic E-state index is 12.2. The van der Waals surface area contributed by atoms with E-state index in [1.54, 1.807) is 12.1 Å². The van der Waals surface area contributed by atoms with Gasteiger partial charge in [0.05, 0.1) is 4.90 Å². The molecule has 1 N–H and O–H groups in total. The van der Waals surface area contributed by atoms with Gasteiger partial charge in [-0.15, -0.1) is 0 Å². The van der Waals surface area contributed by atoms with E-state index in [-0.39, 0.29) is 10.8 Å². The molecule has 0 unspecified atom stereocenters. The summed E-state index contributed by atoms with van der Waals surface area (Å²) >= 11 is 0. The first kappa shape index (κ1) is 17.0. The minimum atomic E-state index is -3.32. The van der Waals surface area contributed by atoms with Crippen LogP contribution in [0, 0.1) is 0 Å². The van der Waals surface area contributed by atoms with Crippen molar-refractivity contribution in [2.45, 2.75) is 11.4 Å². The number of amides is 1. The molecule has 0 aliphatic carbocycles. The summed E-state index contributed by atoms with van der Waals surface area (Å²) in [4.78, 5) is 14.3. The maximum atomic E-state index is 12.2. The summed E-state index contributed by atoms with van der Waals surface area (Å²) in [6, 6.07) is 13.9. The topological polar surface area (TPSA) is 66.5 Å². The average molecular weight is 332 g/mol. The molecule has 0 aromatic heterocycles. The Balaban J connectivity index is 2.05. The number of nitrogens with one attached hydrogen (secondary N) is 1.